The van der Waals surface area contributed by atoms with Crippen LogP contribution in [0.2, 0.25) is 0 Å². The van der Waals surface area contributed by atoms with Gasteiger partial charge in [-0.3, -0.25) is 9.69 Å². The lowest BCUT2D eigenvalue weighted by atomic mass is 9.97. The minimum absolute atomic E-state index is 0.138. The Labute approximate surface area is 155 Å². The lowest BCUT2D eigenvalue weighted by Crippen LogP contribution is -2.34. The number of likely N-dealkylation sites (N-methyl/N-ethyl adjacent to an activating group) is 1. The Balaban J connectivity index is 1.73. The zero-order valence-corrected chi connectivity index (χ0v) is 15.0. The molecule has 1 fully saturated rings. The van der Waals surface area contributed by atoms with Crippen molar-refractivity contribution in [3.63, 3.8) is 0 Å². The fourth-order valence-electron chi connectivity index (χ4n) is 2.92. The van der Waals surface area contributed by atoms with Gasteiger partial charge in [-0.2, -0.15) is 0 Å². The summed E-state index contributed by atoms with van der Waals surface area (Å²) >= 11 is 0. The summed E-state index contributed by atoms with van der Waals surface area (Å²) in [5.41, 5.74) is 3.90. The van der Waals surface area contributed by atoms with E-state index in [1.54, 1.807) is 0 Å². The normalized spacial score (nSPS) is 19.2. The average molecular weight is 341 g/mol. The number of nitrogens with zero attached hydrogens (tertiary/aromatic N) is 1. The third kappa shape index (κ3) is 5.01. The predicted molar refractivity (Wildman–Crippen MR) is 110 cm³/mol. The number of hydrogen-bond acceptors (Lipinski definition) is 2. The van der Waals surface area contributed by atoms with Crippen molar-refractivity contribution in [2.75, 3.05) is 20.1 Å². The maximum Gasteiger partial charge on any atom is 0.187 e. The van der Waals surface area contributed by atoms with Gasteiger partial charge in [-0.1, -0.05) is 97.1 Å². The van der Waals surface area contributed by atoms with Crippen LogP contribution >= 0.6 is 0 Å². The Morgan fingerprint density at radius 3 is 1.58 bits per heavy atom. The lowest BCUT2D eigenvalue weighted by molar-refractivity contribution is -0.113. The highest BCUT2D eigenvalue weighted by atomic mass is 16.1. The maximum atomic E-state index is 12.7. The first-order valence-electron chi connectivity index (χ1n) is 8.80. The summed E-state index contributed by atoms with van der Waals surface area (Å²) in [4.78, 5) is 14.9. The average Bonchev–Trinajstić information content (AvgIpc) is 2.67. The number of hydrogen-bond donors (Lipinski definition) is 0. The number of allylic oxidation sites excluding steroid dienone is 4. The Hall–Kier alpha value is -2.97. The van der Waals surface area contributed by atoms with E-state index < -0.39 is 0 Å². The largest absolute Gasteiger partial charge is 0.298 e. The highest BCUT2D eigenvalue weighted by molar-refractivity contribution is 6.10. The van der Waals surface area contributed by atoms with Crippen LogP contribution in [-0.2, 0) is 4.79 Å². The quantitative estimate of drug-likeness (QED) is 0.746. The molecule has 1 heterocycles. The number of carbonyl (C=O) groups excluding carboxylic acids is 1. The Kier molecular flexibility index (Phi) is 6.13. The molecule has 2 aromatic carbocycles. The van der Waals surface area contributed by atoms with Crippen molar-refractivity contribution in [3.05, 3.63) is 107 Å². The molecule has 0 aliphatic carbocycles. The molecule has 0 aromatic heterocycles. The number of carbonyl (C=O) groups is 1. The van der Waals surface area contributed by atoms with Crippen molar-refractivity contribution in [1.82, 2.24) is 4.90 Å². The van der Waals surface area contributed by atoms with Gasteiger partial charge in [0, 0.05) is 24.2 Å². The third-order valence-electron chi connectivity index (χ3n) is 4.24. The summed E-state index contributed by atoms with van der Waals surface area (Å²) in [6.07, 6.45) is 11.8. The molecule has 0 N–H and O–H groups in total. The standard InChI is InChI=1S/C24H23NO/c1-25-18-22(16-8-14-20-10-4-2-5-11-20)24(26)23(19-25)17-9-15-21-12-6-3-7-13-21/h2-17H,18-19H2,1H3/b14-8-,15-9-,22-16-,23-17-. The van der Waals surface area contributed by atoms with Crippen molar-refractivity contribution in [1.29, 1.82) is 0 Å². The molecule has 0 bridgehead atoms. The van der Waals surface area contributed by atoms with E-state index in [1.807, 2.05) is 104 Å². The number of likely N-dealkylation sites (tertiary alicyclic amines) is 1. The van der Waals surface area contributed by atoms with Crippen molar-refractivity contribution in [2.24, 2.45) is 0 Å². The van der Waals surface area contributed by atoms with Crippen LogP contribution in [0.3, 0.4) is 0 Å². The zero-order chi connectivity index (χ0) is 18.2. The molecule has 26 heavy (non-hydrogen) atoms. The second-order valence-electron chi connectivity index (χ2n) is 6.42. The van der Waals surface area contributed by atoms with Crippen molar-refractivity contribution < 1.29 is 4.79 Å². The second kappa shape index (κ2) is 8.93. The molecular formula is C24H23NO. The minimum atomic E-state index is 0.138. The second-order valence-corrected chi connectivity index (χ2v) is 6.42. The Morgan fingerprint density at radius 1 is 0.731 bits per heavy atom. The molecule has 0 atom stereocenters. The minimum Gasteiger partial charge on any atom is -0.298 e. The van der Waals surface area contributed by atoms with Gasteiger partial charge in [-0.15, -0.1) is 0 Å². The molecule has 1 saturated heterocycles. The molecule has 0 spiro atoms. The van der Waals surface area contributed by atoms with E-state index >= 15 is 0 Å². The molecule has 0 amide bonds. The number of ketones is 1. The van der Waals surface area contributed by atoms with Crippen LogP contribution in [-0.4, -0.2) is 30.8 Å². The van der Waals surface area contributed by atoms with Gasteiger partial charge < -0.3 is 0 Å². The van der Waals surface area contributed by atoms with Crippen LogP contribution in [0.4, 0.5) is 0 Å². The Bertz CT molecular complexity index is 786. The molecule has 3 rings (SSSR count). The van der Waals surface area contributed by atoms with Gasteiger partial charge in [0.15, 0.2) is 5.78 Å². The number of piperidine rings is 1. The van der Waals surface area contributed by atoms with Crippen LogP contribution in [0.15, 0.2) is 96.1 Å². The smallest absolute Gasteiger partial charge is 0.187 e. The maximum absolute atomic E-state index is 12.7. The summed E-state index contributed by atoms with van der Waals surface area (Å²) in [6.45, 7) is 1.36. The highest BCUT2D eigenvalue weighted by Gasteiger charge is 2.22. The van der Waals surface area contributed by atoms with E-state index in [4.69, 9.17) is 0 Å². The van der Waals surface area contributed by atoms with Crippen LogP contribution in [0.1, 0.15) is 11.1 Å². The van der Waals surface area contributed by atoms with E-state index in [0.717, 1.165) is 22.3 Å². The Morgan fingerprint density at radius 2 is 1.15 bits per heavy atom. The molecule has 1 aliphatic rings. The first-order chi connectivity index (χ1) is 12.7. The van der Waals surface area contributed by atoms with Crippen molar-refractivity contribution in [2.45, 2.75) is 0 Å². The summed E-state index contributed by atoms with van der Waals surface area (Å²) in [5, 5.41) is 0. The summed E-state index contributed by atoms with van der Waals surface area (Å²) in [7, 11) is 2.04. The van der Waals surface area contributed by atoms with Gasteiger partial charge in [0.25, 0.3) is 0 Å². The van der Waals surface area contributed by atoms with Crippen molar-refractivity contribution >= 4 is 17.9 Å². The van der Waals surface area contributed by atoms with Gasteiger partial charge >= 0.3 is 0 Å². The van der Waals surface area contributed by atoms with E-state index in [0.29, 0.717) is 13.1 Å². The zero-order valence-electron chi connectivity index (χ0n) is 15.0. The van der Waals surface area contributed by atoms with Gasteiger partial charge in [0.1, 0.15) is 0 Å². The summed E-state index contributed by atoms with van der Waals surface area (Å²) in [5.74, 6) is 0.138. The molecule has 1 aliphatic heterocycles. The molecule has 0 unspecified atom stereocenters. The molecule has 130 valence electrons. The number of benzene rings is 2. The third-order valence-corrected chi connectivity index (χ3v) is 4.24. The summed E-state index contributed by atoms with van der Waals surface area (Å²) in [6, 6.07) is 20.2. The highest BCUT2D eigenvalue weighted by Crippen LogP contribution is 2.17. The molecule has 2 nitrogen and oxygen atoms in total. The molecule has 0 saturated carbocycles. The SMILES string of the molecule is CN1C/C(=C/C=C\c2ccccc2)C(=O)/C(=C\C=C/c2ccccc2)C1. The molecule has 0 radical (unpaired) electrons. The van der Waals surface area contributed by atoms with E-state index in [1.165, 1.54) is 0 Å². The van der Waals surface area contributed by atoms with Crippen LogP contribution < -0.4 is 0 Å². The number of Topliss-reactive ketones (excluding diaryl/α,β-unsaturated/α-hetero) is 1. The molecule has 2 aromatic rings. The van der Waals surface area contributed by atoms with E-state index in [-0.39, 0.29) is 5.78 Å². The van der Waals surface area contributed by atoms with Gasteiger partial charge in [-0.05, 0) is 18.2 Å². The summed E-state index contributed by atoms with van der Waals surface area (Å²) < 4.78 is 0. The molecule has 2 heteroatoms. The fourth-order valence-corrected chi connectivity index (χ4v) is 2.92. The molecular weight excluding hydrogens is 318 g/mol. The predicted octanol–water partition coefficient (Wildman–Crippen LogP) is 4.78. The van der Waals surface area contributed by atoms with Crippen LogP contribution in [0, 0.1) is 0 Å². The fraction of sp³-hybridized carbons (Fsp3) is 0.125. The lowest BCUT2D eigenvalue weighted by Gasteiger charge is -2.25. The van der Waals surface area contributed by atoms with Crippen LogP contribution in [0.25, 0.3) is 12.2 Å². The van der Waals surface area contributed by atoms with Gasteiger partial charge in [0.05, 0.1) is 0 Å². The van der Waals surface area contributed by atoms with Crippen LogP contribution in [0.5, 0.6) is 0 Å². The van der Waals surface area contributed by atoms with Crippen molar-refractivity contribution in [3.8, 4) is 0 Å². The number of rotatable bonds is 4. The topological polar surface area (TPSA) is 20.3 Å². The van der Waals surface area contributed by atoms with Gasteiger partial charge in [0.2, 0.25) is 0 Å². The van der Waals surface area contributed by atoms with E-state index in [9.17, 15) is 4.79 Å². The van der Waals surface area contributed by atoms with E-state index in [2.05, 4.69) is 4.90 Å². The van der Waals surface area contributed by atoms with Gasteiger partial charge in [-0.25, -0.2) is 0 Å². The first kappa shape index (κ1) is 17.8. The first-order valence-corrected chi connectivity index (χ1v) is 8.80. The monoisotopic (exact) mass is 341 g/mol.